The maximum absolute atomic E-state index is 12.5. The highest BCUT2D eigenvalue weighted by molar-refractivity contribution is 7.99. The van der Waals surface area contributed by atoms with Gasteiger partial charge in [-0.25, -0.2) is 4.79 Å². The van der Waals surface area contributed by atoms with Gasteiger partial charge in [-0.15, -0.1) is 0 Å². The zero-order valence-corrected chi connectivity index (χ0v) is 14.8. The molecule has 2 fully saturated rings. The second kappa shape index (κ2) is 7.53. The summed E-state index contributed by atoms with van der Waals surface area (Å²) in [5.41, 5.74) is 1.64. The Morgan fingerprint density at radius 1 is 1.25 bits per heavy atom. The highest BCUT2D eigenvalue weighted by Crippen LogP contribution is 2.31. The molecule has 0 saturated carbocycles. The van der Waals surface area contributed by atoms with Crippen LogP contribution in [-0.4, -0.2) is 59.7 Å². The van der Waals surface area contributed by atoms with Crippen LogP contribution in [0.25, 0.3) is 0 Å². The lowest BCUT2D eigenvalue weighted by molar-refractivity contribution is -0.141. The van der Waals surface area contributed by atoms with Gasteiger partial charge in [0.2, 0.25) is 0 Å². The highest BCUT2D eigenvalue weighted by atomic mass is 35.5. The molecule has 8 heteroatoms. The largest absolute Gasteiger partial charge is 0.481 e. The Hall–Kier alpha value is -1.60. The number of likely N-dealkylation sites (tertiary alicyclic amines) is 1. The number of amides is 2. The van der Waals surface area contributed by atoms with Gasteiger partial charge in [0.1, 0.15) is 0 Å². The van der Waals surface area contributed by atoms with E-state index in [1.54, 1.807) is 11.0 Å². The van der Waals surface area contributed by atoms with Crippen LogP contribution in [0.4, 0.5) is 16.2 Å². The molecule has 0 spiro atoms. The first-order valence-electron chi connectivity index (χ1n) is 7.95. The van der Waals surface area contributed by atoms with E-state index < -0.39 is 11.9 Å². The normalized spacial score (nSPS) is 21.0. The molecule has 0 aliphatic carbocycles. The second-order valence-corrected chi connectivity index (χ2v) is 7.62. The van der Waals surface area contributed by atoms with Gasteiger partial charge in [0, 0.05) is 42.7 Å². The Labute approximate surface area is 150 Å². The first-order valence-corrected chi connectivity index (χ1v) is 9.49. The van der Waals surface area contributed by atoms with Gasteiger partial charge < -0.3 is 20.2 Å². The molecular weight excluding hydrogens is 350 g/mol. The van der Waals surface area contributed by atoms with E-state index in [1.165, 1.54) is 0 Å². The van der Waals surface area contributed by atoms with Gasteiger partial charge in [0.25, 0.3) is 0 Å². The van der Waals surface area contributed by atoms with Crippen LogP contribution < -0.4 is 10.2 Å². The van der Waals surface area contributed by atoms with E-state index in [2.05, 4.69) is 10.2 Å². The number of hydrogen-bond donors (Lipinski definition) is 2. The van der Waals surface area contributed by atoms with Crippen molar-refractivity contribution >= 4 is 46.7 Å². The average molecular weight is 370 g/mol. The van der Waals surface area contributed by atoms with Gasteiger partial charge >= 0.3 is 12.0 Å². The van der Waals surface area contributed by atoms with E-state index >= 15 is 0 Å². The summed E-state index contributed by atoms with van der Waals surface area (Å²) in [5.74, 6) is 0.790. The summed E-state index contributed by atoms with van der Waals surface area (Å²) in [5, 5.41) is 12.5. The number of anilines is 2. The Morgan fingerprint density at radius 3 is 2.67 bits per heavy atom. The molecule has 1 atom stereocenters. The van der Waals surface area contributed by atoms with Gasteiger partial charge in [-0.2, -0.15) is 11.8 Å². The van der Waals surface area contributed by atoms with Crippen molar-refractivity contribution in [3.63, 3.8) is 0 Å². The van der Waals surface area contributed by atoms with E-state index in [1.807, 2.05) is 23.9 Å². The smallest absolute Gasteiger partial charge is 0.321 e. The molecule has 6 nitrogen and oxygen atoms in total. The molecule has 1 aromatic carbocycles. The summed E-state index contributed by atoms with van der Waals surface area (Å²) in [6.07, 6.45) is 0.495. The SMILES string of the molecule is O=C(O)C1CCN(C(=O)Nc2cc(Cl)ccc2N2CCSCC2)C1. The summed E-state index contributed by atoms with van der Waals surface area (Å²) < 4.78 is 0. The number of benzene rings is 1. The van der Waals surface area contributed by atoms with Crippen LogP contribution in [0.15, 0.2) is 18.2 Å². The number of urea groups is 1. The number of halogens is 1. The number of nitrogens with zero attached hydrogens (tertiary/aromatic N) is 2. The molecule has 24 heavy (non-hydrogen) atoms. The van der Waals surface area contributed by atoms with E-state index in [9.17, 15) is 9.59 Å². The highest BCUT2D eigenvalue weighted by Gasteiger charge is 2.31. The Bertz CT molecular complexity index is 637. The first-order chi connectivity index (χ1) is 11.5. The average Bonchev–Trinajstić information content (AvgIpc) is 3.06. The van der Waals surface area contributed by atoms with Crippen molar-refractivity contribution in [2.75, 3.05) is 47.9 Å². The van der Waals surface area contributed by atoms with Crippen LogP contribution in [0, 0.1) is 5.92 Å². The Balaban J connectivity index is 1.73. The van der Waals surface area contributed by atoms with Crippen molar-refractivity contribution < 1.29 is 14.7 Å². The lowest BCUT2D eigenvalue weighted by Gasteiger charge is -2.30. The van der Waals surface area contributed by atoms with Crippen LogP contribution in [0.5, 0.6) is 0 Å². The number of hydrogen-bond acceptors (Lipinski definition) is 4. The van der Waals surface area contributed by atoms with E-state index in [0.29, 0.717) is 23.7 Å². The van der Waals surface area contributed by atoms with E-state index in [4.69, 9.17) is 16.7 Å². The molecule has 2 aliphatic heterocycles. The maximum atomic E-state index is 12.5. The topological polar surface area (TPSA) is 72.9 Å². The van der Waals surface area contributed by atoms with Crippen molar-refractivity contribution in [2.24, 2.45) is 5.92 Å². The Morgan fingerprint density at radius 2 is 2.00 bits per heavy atom. The third kappa shape index (κ3) is 3.89. The number of rotatable bonds is 3. The molecule has 1 unspecified atom stereocenters. The van der Waals surface area contributed by atoms with Crippen molar-refractivity contribution in [3.8, 4) is 0 Å². The number of carbonyl (C=O) groups is 2. The van der Waals surface area contributed by atoms with Crippen LogP contribution in [0.1, 0.15) is 6.42 Å². The molecule has 2 N–H and O–H groups in total. The summed E-state index contributed by atoms with van der Waals surface area (Å²) >= 11 is 8.02. The third-order valence-electron chi connectivity index (χ3n) is 4.38. The van der Waals surface area contributed by atoms with Crippen molar-refractivity contribution in [1.29, 1.82) is 0 Å². The summed E-state index contributed by atoms with van der Waals surface area (Å²) in [6, 6.07) is 5.23. The quantitative estimate of drug-likeness (QED) is 0.857. The molecular formula is C16H20ClN3O3S. The minimum Gasteiger partial charge on any atom is -0.481 e. The molecule has 2 saturated heterocycles. The van der Waals surface area contributed by atoms with Crippen molar-refractivity contribution in [1.82, 2.24) is 4.90 Å². The van der Waals surface area contributed by atoms with Crippen LogP contribution >= 0.6 is 23.4 Å². The predicted octanol–water partition coefficient (Wildman–Crippen LogP) is 2.83. The molecule has 0 bridgehead atoms. The zero-order valence-electron chi connectivity index (χ0n) is 13.2. The van der Waals surface area contributed by atoms with Crippen LogP contribution in [-0.2, 0) is 4.79 Å². The molecule has 1 aromatic rings. The maximum Gasteiger partial charge on any atom is 0.321 e. The molecule has 0 radical (unpaired) electrons. The minimum absolute atomic E-state index is 0.247. The molecule has 2 aliphatic rings. The number of carbonyl (C=O) groups excluding carboxylic acids is 1. The fourth-order valence-electron chi connectivity index (χ4n) is 3.03. The van der Waals surface area contributed by atoms with E-state index in [0.717, 1.165) is 30.3 Å². The zero-order chi connectivity index (χ0) is 17.1. The minimum atomic E-state index is -0.848. The standard InChI is InChI=1S/C16H20ClN3O3S/c17-12-1-2-14(19-5-7-24-8-6-19)13(9-12)18-16(23)20-4-3-11(10-20)15(21)22/h1-2,9,11H,3-8,10H2,(H,18,23)(H,21,22). The molecule has 2 heterocycles. The van der Waals surface area contributed by atoms with Crippen LogP contribution in [0.2, 0.25) is 5.02 Å². The van der Waals surface area contributed by atoms with Gasteiger partial charge in [0.05, 0.1) is 17.3 Å². The molecule has 2 amide bonds. The summed E-state index contributed by atoms with van der Waals surface area (Å²) in [4.78, 5) is 27.3. The van der Waals surface area contributed by atoms with Gasteiger partial charge in [-0.1, -0.05) is 11.6 Å². The van der Waals surface area contributed by atoms with E-state index in [-0.39, 0.29) is 12.6 Å². The predicted molar refractivity (Wildman–Crippen MR) is 97.3 cm³/mol. The summed E-state index contributed by atoms with van der Waals surface area (Å²) in [7, 11) is 0. The number of thioether (sulfide) groups is 1. The van der Waals surface area contributed by atoms with Crippen molar-refractivity contribution in [3.05, 3.63) is 23.2 Å². The van der Waals surface area contributed by atoms with Gasteiger partial charge in [-0.05, 0) is 24.6 Å². The second-order valence-electron chi connectivity index (χ2n) is 5.96. The third-order valence-corrected chi connectivity index (χ3v) is 5.55. The molecule has 130 valence electrons. The first kappa shape index (κ1) is 17.2. The summed E-state index contributed by atoms with van der Waals surface area (Å²) in [6.45, 7) is 2.57. The van der Waals surface area contributed by atoms with Gasteiger partial charge in [0.15, 0.2) is 0 Å². The molecule has 3 rings (SSSR count). The fraction of sp³-hybridized carbons (Fsp3) is 0.500. The number of carboxylic acids is 1. The number of carboxylic acid groups (broad SMARTS) is 1. The lowest BCUT2D eigenvalue weighted by Crippen LogP contribution is -2.36. The van der Waals surface area contributed by atoms with Gasteiger partial charge in [-0.3, -0.25) is 4.79 Å². The monoisotopic (exact) mass is 369 g/mol. The van der Waals surface area contributed by atoms with Crippen LogP contribution in [0.3, 0.4) is 0 Å². The lowest BCUT2D eigenvalue weighted by atomic mass is 10.1. The molecule has 0 aromatic heterocycles. The Kier molecular flexibility index (Phi) is 5.40. The number of aliphatic carboxylic acids is 1. The number of nitrogens with one attached hydrogen (secondary N) is 1. The fourth-order valence-corrected chi connectivity index (χ4v) is 4.10. The van der Waals surface area contributed by atoms with Crippen molar-refractivity contribution in [2.45, 2.75) is 6.42 Å².